The van der Waals surface area contributed by atoms with Gasteiger partial charge in [-0.25, -0.2) is 0 Å². The Morgan fingerprint density at radius 1 is 0.444 bits per heavy atom. The minimum absolute atomic E-state index is 0.198. The van der Waals surface area contributed by atoms with E-state index in [9.17, 15) is 15.8 Å². The highest BCUT2D eigenvalue weighted by atomic mass is 32.1. The van der Waals surface area contributed by atoms with E-state index in [0.29, 0.717) is 11.3 Å². The number of aromatic nitrogens is 2. The Bertz CT molecular complexity index is 2850. The lowest BCUT2D eigenvalue weighted by molar-refractivity contribution is 1.16. The first-order chi connectivity index (χ1) is 22.2. The Balaban J connectivity index is 1.44. The van der Waals surface area contributed by atoms with Gasteiger partial charge < -0.3 is 9.13 Å². The Morgan fingerprint density at radius 2 is 0.956 bits per heavy atom. The number of rotatable bonds is 2. The predicted octanol–water partition coefficient (Wildman–Crippen LogP) is 9.86. The molecule has 0 saturated carbocycles. The summed E-state index contributed by atoms with van der Waals surface area (Å²) in [6.07, 6.45) is 0. The molecular weight excluding hydrogens is 571 g/mol. The van der Waals surface area contributed by atoms with Gasteiger partial charge >= 0.3 is 0 Å². The second kappa shape index (κ2) is 9.30. The summed E-state index contributed by atoms with van der Waals surface area (Å²) in [5, 5.41) is 36.6. The third-order valence-corrected chi connectivity index (χ3v) is 10.1. The Kier molecular flexibility index (Phi) is 5.20. The molecule has 206 valence electrons. The van der Waals surface area contributed by atoms with Crippen LogP contribution in [0.1, 0.15) is 16.7 Å². The lowest BCUT2D eigenvalue weighted by Gasteiger charge is -2.11. The van der Waals surface area contributed by atoms with E-state index in [2.05, 4.69) is 106 Å². The smallest absolute Gasteiger partial charge is 0.101 e. The van der Waals surface area contributed by atoms with Crippen LogP contribution in [0.4, 0.5) is 0 Å². The van der Waals surface area contributed by atoms with Crippen LogP contribution in [-0.4, -0.2) is 9.13 Å². The van der Waals surface area contributed by atoms with Crippen molar-refractivity contribution >= 4 is 75.1 Å². The third kappa shape index (κ3) is 3.33. The van der Waals surface area contributed by atoms with Gasteiger partial charge in [-0.05, 0) is 48.5 Å². The van der Waals surface area contributed by atoms with E-state index in [1.807, 2.05) is 24.3 Å². The number of thiophene rings is 1. The van der Waals surface area contributed by atoms with Crippen LogP contribution in [0, 0.1) is 34.0 Å². The molecule has 45 heavy (non-hydrogen) atoms. The topological polar surface area (TPSA) is 81.2 Å². The maximum absolute atomic E-state index is 10.1. The summed E-state index contributed by atoms with van der Waals surface area (Å²) in [5.41, 5.74) is 6.73. The number of benzene rings is 6. The Morgan fingerprint density at radius 3 is 1.56 bits per heavy atom. The van der Waals surface area contributed by atoms with Crippen LogP contribution in [0.3, 0.4) is 0 Å². The summed E-state index contributed by atoms with van der Waals surface area (Å²) in [4.78, 5) is 0. The SMILES string of the molecule is N#Cc1cc(C#N)c(-n2c3ccccc3c3c4sc5c(ccc6c5c5ccccc5n6-c5ccccc5)c4ccc32)cc1C#N. The molecule has 5 nitrogen and oxygen atoms in total. The zero-order valence-electron chi connectivity index (χ0n) is 23.6. The number of fused-ring (bicyclic) bond motifs is 11. The van der Waals surface area contributed by atoms with E-state index in [1.54, 1.807) is 17.4 Å². The maximum Gasteiger partial charge on any atom is 0.101 e. The van der Waals surface area contributed by atoms with Gasteiger partial charge in [0, 0.05) is 47.4 Å². The van der Waals surface area contributed by atoms with Crippen molar-refractivity contribution in [1.82, 2.24) is 9.13 Å². The monoisotopic (exact) mass is 589 g/mol. The highest BCUT2D eigenvalue weighted by Gasteiger charge is 2.22. The molecule has 0 aliphatic rings. The Labute approximate surface area is 260 Å². The molecule has 3 aromatic heterocycles. The summed E-state index contributed by atoms with van der Waals surface area (Å²) in [5.74, 6) is 0. The molecule has 0 aliphatic heterocycles. The maximum atomic E-state index is 10.1. The minimum Gasteiger partial charge on any atom is -0.309 e. The van der Waals surface area contributed by atoms with Crippen LogP contribution < -0.4 is 0 Å². The second-order valence-corrected chi connectivity index (χ2v) is 12.1. The molecule has 9 rings (SSSR count). The van der Waals surface area contributed by atoms with Crippen molar-refractivity contribution in [2.45, 2.75) is 0 Å². The second-order valence-electron chi connectivity index (χ2n) is 11.1. The number of nitriles is 3. The van der Waals surface area contributed by atoms with Crippen molar-refractivity contribution in [3.05, 3.63) is 132 Å². The first-order valence-corrected chi connectivity index (χ1v) is 15.3. The first kappa shape index (κ1) is 25.1. The van der Waals surface area contributed by atoms with E-state index >= 15 is 0 Å². The van der Waals surface area contributed by atoms with Gasteiger partial charge in [0.1, 0.15) is 18.2 Å². The predicted molar refractivity (Wildman–Crippen MR) is 182 cm³/mol. The molecule has 0 amide bonds. The van der Waals surface area contributed by atoms with Gasteiger partial charge in [-0.15, -0.1) is 11.3 Å². The molecule has 0 atom stereocenters. The third-order valence-electron chi connectivity index (χ3n) is 8.83. The molecule has 6 aromatic carbocycles. The largest absolute Gasteiger partial charge is 0.309 e. The number of hydrogen-bond donors (Lipinski definition) is 0. The molecule has 0 aliphatic carbocycles. The van der Waals surface area contributed by atoms with Crippen LogP contribution in [0.15, 0.2) is 115 Å². The highest BCUT2D eigenvalue weighted by Crippen LogP contribution is 2.47. The standard InChI is InChI=1S/C39H19N5S/c40-20-23-18-25(22-42)35(19-24(23)21-41)44-32-13-7-5-11-30(32)37-34(44)17-15-28-27-14-16-33-36(38(27)45-39(28)37)29-10-4-6-12-31(29)43(33)26-8-2-1-3-9-26/h1-19H. The number of nitrogens with zero attached hydrogens (tertiary/aromatic N) is 5. The zero-order valence-corrected chi connectivity index (χ0v) is 24.4. The highest BCUT2D eigenvalue weighted by molar-refractivity contribution is 7.27. The fraction of sp³-hybridized carbons (Fsp3) is 0. The van der Waals surface area contributed by atoms with Gasteiger partial charge in [0.15, 0.2) is 0 Å². The van der Waals surface area contributed by atoms with Crippen molar-refractivity contribution in [3.8, 4) is 29.6 Å². The first-order valence-electron chi connectivity index (χ1n) is 14.5. The van der Waals surface area contributed by atoms with Crippen LogP contribution in [0.25, 0.3) is 75.2 Å². The van der Waals surface area contributed by atoms with Crippen LogP contribution in [0.2, 0.25) is 0 Å². The summed E-state index contributed by atoms with van der Waals surface area (Å²) >= 11 is 1.80. The molecule has 0 N–H and O–H groups in total. The van der Waals surface area contributed by atoms with Crippen molar-refractivity contribution in [1.29, 1.82) is 15.8 Å². The van der Waals surface area contributed by atoms with Crippen molar-refractivity contribution in [2.24, 2.45) is 0 Å². The van der Waals surface area contributed by atoms with E-state index in [1.165, 1.54) is 48.0 Å². The van der Waals surface area contributed by atoms with E-state index < -0.39 is 0 Å². The number of para-hydroxylation sites is 3. The van der Waals surface area contributed by atoms with Gasteiger partial charge in [-0.1, -0.05) is 66.7 Å². The minimum atomic E-state index is 0.198. The average Bonchev–Trinajstić information content (AvgIpc) is 3.75. The molecule has 0 bridgehead atoms. The molecule has 0 spiro atoms. The lowest BCUT2D eigenvalue weighted by atomic mass is 10.0. The van der Waals surface area contributed by atoms with Gasteiger partial charge in [0.25, 0.3) is 0 Å². The summed E-state index contributed by atoms with van der Waals surface area (Å²) < 4.78 is 6.82. The van der Waals surface area contributed by atoms with Crippen molar-refractivity contribution < 1.29 is 0 Å². The van der Waals surface area contributed by atoms with E-state index in [0.717, 1.165) is 27.5 Å². The normalized spacial score (nSPS) is 11.5. The molecule has 3 heterocycles. The van der Waals surface area contributed by atoms with Gasteiger partial charge in [0.05, 0.1) is 44.4 Å². The van der Waals surface area contributed by atoms with Crippen LogP contribution >= 0.6 is 11.3 Å². The molecule has 0 fully saturated rings. The fourth-order valence-electron chi connectivity index (χ4n) is 6.96. The molecule has 0 saturated heterocycles. The van der Waals surface area contributed by atoms with Gasteiger partial charge in [-0.2, -0.15) is 15.8 Å². The van der Waals surface area contributed by atoms with Crippen molar-refractivity contribution in [2.75, 3.05) is 0 Å². The van der Waals surface area contributed by atoms with Crippen LogP contribution in [-0.2, 0) is 0 Å². The molecule has 0 radical (unpaired) electrons. The summed E-state index contributed by atoms with van der Waals surface area (Å²) in [7, 11) is 0. The summed E-state index contributed by atoms with van der Waals surface area (Å²) in [6.45, 7) is 0. The van der Waals surface area contributed by atoms with Gasteiger partial charge in [0.2, 0.25) is 0 Å². The molecule has 6 heteroatoms. The quantitative estimate of drug-likeness (QED) is 0.201. The molecular formula is C39H19N5S. The Hall–Kier alpha value is -6.39. The molecule has 9 aromatic rings. The summed E-state index contributed by atoms with van der Waals surface area (Å²) in [6, 6.07) is 45.7. The number of hydrogen-bond acceptors (Lipinski definition) is 4. The zero-order chi connectivity index (χ0) is 30.2. The fourth-order valence-corrected chi connectivity index (χ4v) is 8.37. The lowest BCUT2D eigenvalue weighted by Crippen LogP contribution is -2.00. The van der Waals surface area contributed by atoms with E-state index in [-0.39, 0.29) is 11.1 Å². The van der Waals surface area contributed by atoms with Crippen molar-refractivity contribution in [3.63, 3.8) is 0 Å². The molecule has 0 unspecified atom stereocenters. The van der Waals surface area contributed by atoms with Crippen LogP contribution in [0.5, 0.6) is 0 Å². The van der Waals surface area contributed by atoms with E-state index in [4.69, 9.17) is 0 Å². The average molecular weight is 590 g/mol. The van der Waals surface area contributed by atoms with Gasteiger partial charge in [-0.3, -0.25) is 0 Å².